The third-order valence-corrected chi connectivity index (χ3v) is 3.19. The molecule has 98 valence electrons. The Labute approximate surface area is 112 Å². The first kappa shape index (κ1) is 13.1. The standard InChI is InChI=1S/C12H18ClN5/c1-9-16-17-11-10(14-6-7-18(9)11)15-8-12(2,3)4-5-13/h6-7H,4-5,8H2,1-3H3,(H,14,15). The molecule has 0 fully saturated rings. The molecule has 0 unspecified atom stereocenters. The van der Waals surface area contributed by atoms with Crippen LogP contribution >= 0.6 is 11.6 Å². The van der Waals surface area contributed by atoms with Crippen molar-refractivity contribution in [2.45, 2.75) is 27.2 Å². The lowest BCUT2D eigenvalue weighted by Crippen LogP contribution is -2.24. The highest BCUT2D eigenvalue weighted by molar-refractivity contribution is 6.17. The van der Waals surface area contributed by atoms with Gasteiger partial charge in [-0.3, -0.25) is 4.40 Å². The maximum Gasteiger partial charge on any atom is 0.203 e. The molecule has 0 saturated carbocycles. The largest absolute Gasteiger partial charge is 0.366 e. The average Bonchev–Trinajstić information content (AvgIpc) is 2.69. The Morgan fingerprint density at radius 3 is 2.89 bits per heavy atom. The molecule has 5 nitrogen and oxygen atoms in total. The van der Waals surface area contributed by atoms with Gasteiger partial charge in [-0.15, -0.1) is 21.8 Å². The van der Waals surface area contributed by atoms with E-state index in [9.17, 15) is 0 Å². The van der Waals surface area contributed by atoms with Gasteiger partial charge in [-0.1, -0.05) is 13.8 Å². The number of halogens is 1. The molecular formula is C12H18ClN5. The predicted molar refractivity (Wildman–Crippen MR) is 73.1 cm³/mol. The quantitative estimate of drug-likeness (QED) is 0.846. The summed E-state index contributed by atoms with van der Waals surface area (Å²) in [7, 11) is 0. The molecule has 0 amide bonds. The summed E-state index contributed by atoms with van der Waals surface area (Å²) in [6, 6.07) is 0. The number of rotatable bonds is 5. The SMILES string of the molecule is Cc1nnc2c(NCC(C)(C)CCCl)nccn12. The van der Waals surface area contributed by atoms with Gasteiger partial charge in [-0.25, -0.2) is 4.98 Å². The van der Waals surface area contributed by atoms with E-state index < -0.39 is 0 Å². The van der Waals surface area contributed by atoms with Crippen LogP contribution in [0.15, 0.2) is 12.4 Å². The van der Waals surface area contributed by atoms with Gasteiger partial charge in [0.2, 0.25) is 5.65 Å². The van der Waals surface area contributed by atoms with Crippen molar-refractivity contribution < 1.29 is 0 Å². The lowest BCUT2D eigenvalue weighted by Gasteiger charge is -2.24. The van der Waals surface area contributed by atoms with Gasteiger partial charge in [0.25, 0.3) is 0 Å². The van der Waals surface area contributed by atoms with Crippen molar-refractivity contribution in [1.29, 1.82) is 0 Å². The normalized spacial score (nSPS) is 12.0. The molecule has 6 heteroatoms. The van der Waals surface area contributed by atoms with E-state index in [0.717, 1.165) is 30.3 Å². The minimum atomic E-state index is 0.130. The molecule has 2 rings (SSSR count). The Kier molecular flexibility index (Phi) is 3.71. The summed E-state index contributed by atoms with van der Waals surface area (Å²) >= 11 is 5.80. The van der Waals surface area contributed by atoms with Gasteiger partial charge in [0.15, 0.2) is 5.82 Å². The molecule has 0 aliphatic heterocycles. The predicted octanol–water partition coefficient (Wildman–Crippen LogP) is 2.50. The first-order valence-electron chi connectivity index (χ1n) is 6.00. The molecule has 0 spiro atoms. The third kappa shape index (κ3) is 2.72. The molecule has 0 bridgehead atoms. The van der Waals surface area contributed by atoms with Crippen LogP contribution in [-0.2, 0) is 0 Å². The van der Waals surface area contributed by atoms with Gasteiger partial charge in [-0.05, 0) is 18.8 Å². The molecule has 0 aromatic carbocycles. The Morgan fingerprint density at radius 2 is 2.17 bits per heavy atom. The van der Waals surface area contributed by atoms with Crippen molar-refractivity contribution in [3.8, 4) is 0 Å². The highest BCUT2D eigenvalue weighted by Crippen LogP contribution is 2.22. The second-order valence-electron chi connectivity index (χ2n) is 5.17. The molecule has 2 aromatic rings. The van der Waals surface area contributed by atoms with Crippen LogP contribution in [0.1, 0.15) is 26.1 Å². The molecule has 0 saturated heterocycles. The van der Waals surface area contributed by atoms with Gasteiger partial charge in [0.1, 0.15) is 5.82 Å². The van der Waals surface area contributed by atoms with Gasteiger partial charge in [0.05, 0.1) is 0 Å². The number of anilines is 1. The van der Waals surface area contributed by atoms with Gasteiger partial charge >= 0.3 is 0 Å². The van der Waals surface area contributed by atoms with Crippen LogP contribution in [0.4, 0.5) is 5.82 Å². The molecule has 2 heterocycles. The molecule has 0 radical (unpaired) electrons. The third-order valence-electron chi connectivity index (χ3n) is 3.00. The smallest absolute Gasteiger partial charge is 0.203 e. The van der Waals surface area contributed by atoms with Crippen LogP contribution in [0.25, 0.3) is 5.65 Å². The van der Waals surface area contributed by atoms with E-state index in [-0.39, 0.29) is 5.41 Å². The summed E-state index contributed by atoms with van der Waals surface area (Å²) < 4.78 is 1.92. The number of fused-ring (bicyclic) bond motifs is 1. The minimum absolute atomic E-state index is 0.130. The van der Waals surface area contributed by atoms with Crippen molar-refractivity contribution in [3.05, 3.63) is 18.2 Å². The number of nitrogens with one attached hydrogen (secondary N) is 1. The van der Waals surface area contributed by atoms with Crippen LogP contribution in [0, 0.1) is 12.3 Å². The van der Waals surface area contributed by atoms with Gasteiger partial charge < -0.3 is 5.32 Å². The average molecular weight is 268 g/mol. The zero-order chi connectivity index (χ0) is 13.2. The molecule has 1 N–H and O–H groups in total. The Balaban J connectivity index is 2.17. The zero-order valence-corrected chi connectivity index (χ0v) is 11.7. The summed E-state index contributed by atoms with van der Waals surface area (Å²) in [5.41, 5.74) is 0.891. The van der Waals surface area contributed by atoms with E-state index in [0.29, 0.717) is 5.88 Å². The van der Waals surface area contributed by atoms with E-state index in [1.807, 2.05) is 17.5 Å². The van der Waals surface area contributed by atoms with Crippen molar-refractivity contribution >= 4 is 23.1 Å². The van der Waals surface area contributed by atoms with E-state index in [2.05, 4.69) is 34.3 Å². The van der Waals surface area contributed by atoms with E-state index >= 15 is 0 Å². The Morgan fingerprint density at radius 1 is 1.39 bits per heavy atom. The highest BCUT2D eigenvalue weighted by atomic mass is 35.5. The number of alkyl halides is 1. The van der Waals surface area contributed by atoms with Crippen LogP contribution in [0.2, 0.25) is 0 Å². The fourth-order valence-corrected chi connectivity index (χ4v) is 2.25. The summed E-state index contributed by atoms with van der Waals surface area (Å²) in [6.45, 7) is 7.08. The number of hydrogen-bond donors (Lipinski definition) is 1. The van der Waals surface area contributed by atoms with E-state index in [4.69, 9.17) is 11.6 Å². The van der Waals surface area contributed by atoms with Crippen molar-refractivity contribution in [1.82, 2.24) is 19.6 Å². The highest BCUT2D eigenvalue weighted by Gasteiger charge is 2.18. The number of nitrogens with zero attached hydrogens (tertiary/aromatic N) is 4. The van der Waals surface area contributed by atoms with Crippen LogP contribution in [-0.4, -0.2) is 32.0 Å². The maximum absolute atomic E-state index is 5.80. The monoisotopic (exact) mass is 267 g/mol. The Bertz CT molecular complexity index is 534. The van der Waals surface area contributed by atoms with Crippen molar-refractivity contribution in [2.75, 3.05) is 17.7 Å². The summed E-state index contributed by atoms with van der Waals surface area (Å²) in [6.07, 6.45) is 4.57. The van der Waals surface area contributed by atoms with Gasteiger partial charge in [-0.2, -0.15) is 0 Å². The number of aryl methyl sites for hydroxylation is 1. The lowest BCUT2D eigenvalue weighted by molar-refractivity contribution is 0.379. The Hall–Kier alpha value is -1.36. The summed E-state index contributed by atoms with van der Waals surface area (Å²) in [4.78, 5) is 4.32. The summed E-state index contributed by atoms with van der Waals surface area (Å²) in [5, 5.41) is 11.5. The fourth-order valence-electron chi connectivity index (χ4n) is 1.73. The fraction of sp³-hybridized carbons (Fsp3) is 0.583. The topological polar surface area (TPSA) is 55.1 Å². The maximum atomic E-state index is 5.80. The van der Waals surface area contributed by atoms with E-state index in [1.54, 1.807) is 6.20 Å². The zero-order valence-electron chi connectivity index (χ0n) is 10.9. The van der Waals surface area contributed by atoms with Crippen LogP contribution in [0.3, 0.4) is 0 Å². The van der Waals surface area contributed by atoms with Crippen molar-refractivity contribution in [2.24, 2.45) is 5.41 Å². The number of hydrogen-bond acceptors (Lipinski definition) is 4. The van der Waals surface area contributed by atoms with Crippen LogP contribution in [0.5, 0.6) is 0 Å². The minimum Gasteiger partial charge on any atom is -0.366 e. The lowest BCUT2D eigenvalue weighted by atomic mass is 9.90. The second kappa shape index (κ2) is 5.10. The molecule has 2 aromatic heterocycles. The second-order valence-corrected chi connectivity index (χ2v) is 5.55. The first-order chi connectivity index (χ1) is 8.53. The molecule has 0 atom stereocenters. The molecule has 0 aliphatic carbocycles. The van der Waals surface area contributed by atoms with E-state index in [1.165, 1.54) is 0 Å². The summed E-state index contributed by atoms with van der Waals surface area (Å²) in [5.74, 6) is 2.28. The molecule has 18 heavy (non-hydrogen) atoms. The van der Waals surface area contributed by atoms with Crippen LogP contribution < -0.4 is 5.32 Å². The number of aromatic nitrogens is 4. The van der Waals surface area contributed by atoms with Crippen molar-refractivity contribution in [3.63, 3.8) is 0 Å². The molecular weight excluding hydrogens is 250 g/mol. The molecule has 0 aliphatic rings. The van der Waals surface area contributed by atoms with Gasteiger partial charge in [0, 0.05) is 24.8 Å². The first-order valence-corrected chi connectivity index (χ1v) is 6.53.